The molecule has 0 radical (unpaired) electrons. The van der Waals surface area contributed by atoms with Crippen LogP contribution in [-0.2, 0) is 0 Å². The summed E-state index contributed by atoms with van der Waals surface area (Å²) in [5, 5.41) is 3.46. The van der Waals surface area contributed by atoms with Crippen molar-refractivity contribution in [1.29, 1.82) is 0 Å². The van der Waals surface area contributed by atoms with Crippen LogP contribution < -0.4 is 10.2 Å². The molecule has 1 atom stereocenters. The van der Waals surface area contributed by atoms with Gasteiger partial charge in [0, 0.05) is 31.4 Å². The zero-order valence-corrected chi connectivity index (χ0v) is 10.2. The molecule has 2 nitrogen and oxygen atoms in total. The van der Waals surface area contributed by atoms with Gasteiger partial charge in [-0.25, -0.2) is 0 Å². The minimum atomic E-state index is 0. The van der Waals surface area contributed by atoms with E-state index in [1.165, 1.54) is 11.3 Å². The first kappa shape index (κ1) is 12.3. The van der Waals surface area contributed by atoms with Crippen LogP contribution in [0.2, 0.25) is 0 Å². The summed E-state index contributed by atoms with van der Waals surface area (Å²) in [7, 11) is 0. The van der Waals surface area contributed by atoms with E-state index in [4.69, 9.17) is 0 Å². The molecule has 0 saturated carbocycles. The zero-order chi connectivity index (χ0) is 9.97. The van der Waals surface area contributed by atoms with Gasteiger partial charge in [0.25, 0.3) is 0 Å². The van der Waals surface area contributed by atoms with E-state index in [1.54, 1.807) is 0 Å². The maximum atomic E-state index is 3.46. The predicted molar refractivity (Wildman–Crippen MR) is 68.1 cm³/mol. The van der Waals surface area contributed by atoms with Crippen molar-refractivity contribution in [2.45, 2.75) is 19.9 Å². The molecule has 15 heavy (non-hydrogen) atoms. The van der Waals surface area contributed by atoms with Crippen molar-refractivity contribution in [2.24, 2.45) is 0 Å². The van der Waals surface area contributed by atoms with Crippen molar-refractivity contribution in [3.8, 4) is 0 Å². The van der Waals surface area contributed by atoms with Crippen LogP contribution in [0.15, 0.2) is 24.3 Å². The predicted octanol–water partition coefficient (Wildman–Crippen LogP) is 2.21. The minimum Gasteiger partial charge on any atom is -0.368 e. The molecule has 1 aliphatic rings. The van der Waals surface area contributed by atoms with Gasteiger partial charge in [0.05, 0.1) is 0 Å². The van der Waals surface area contributed by atoms with Crippen molar-refractivity contribution < 1.29 is 0 Å². The summed E-state index contributed by atoms with van der Waals surface area (Å²) in [5.74, 6) is 0. The fourth-order valence-corrected chi connectivity index (χ4v) is 2.07. The third-order valence-electron chi connectivity index (χ3n) is 2.82. The fourth-order valence-electron chi connectivity index (χ4n) is 2.07. The van der Waals surface area contributed by atoms with E-state index in [0.29, 0.717) is 6.04 Å². The Morgan fingerprint density at radius 1 is 1.33 bits per heavy atom. The number of nitrogens with one attached hydrogen (secondary N) is 1. The third kappa shape index (κ3) is 2.86. The summed E-state index contributed by atoms with van der Waals surface area (Å²) in [6, 6.07) is 9.22. The quantitative estimate of drug-likeness (QED) is 0.790. The van der Waals surface area contributed by atoms with E-state index in [-0.39, 0.29) is 12.4 Å². The molecular formula is C12H19ClN2. The highest BCUT2D eigenvalue weighted by atomic mass is 35.5. The van der Waals surface area contributed by atoms with Crippen LogP contribution in [0.25, 0.3) is 0 Å². The maximum Gasteiger partial charge on any atom is 0.0396 e. The molecule has 0 aromatic heterocycles. The van der Waals surface area contributed by atoms with E-state index in [1.807, 2.05) is 0 Å². The number of rotatable bonds is 1. The molecule has 1 unspecified atom stereocenters. The number of para-hydroxylation sites is 1. The van der Waals surface area contributed by atoms with Gasteiger partial charge < -0.3 is 10.2 Å². The lowest BCUT2D eigenvalue weighted by Gasteiger charge is -2.34. The zero-order valence-electron chi connectivity index (χ0n) is 9.36. The Labute approximate surface area is 98.1 Å². The standard InChI is InChI=1S/C12H18N2.ClH/c1-10-5-3-4-6-12(10)14-8-7-13-11(2)9-14;/h3-6,11,13H,7-9H2,1-2H3;1H. The minimum absolute atomic E-state index is 0. The number of nitrogens with zero attached hydrogens (tertiary/aromatic N) is 1. The Kier molecular flexibility index (Phi) is 4.43. The molecule has 84 valence electrons. The average Bonchev–Trinajstić information content (AvgIpc) is 2.18. The number of anilines is 1. The Bertz CT molecular complexity index is 314. The second-order valence-corrected chi connectivity index (χ2v) is 4.09. The van der Waals surface area contributed by atoms with E-state index >= 15 is 0 Å². The lowest BCUT2D eigenvalue weighted by Crippen LogP contribution is -2.49. The van der Waals surface area contributed by atoms with E-state index in [2.05, 4.69) is 48.3 Å². The van der Waals surface area contributed by atoms with Crippen LogP contribution in [0.3, 0.4) is 0 Å². The number of hydrogen-bond donors (Lipinski definition) is 1. The van der Waals surface area contributed by atoms with Crippen molar-refractivity contribution in [3.63, 3.8) is 0 Å². The third-order valence-corrected chi connectivity index (χ3v) is 2.82. The summed E-state index contributed by atoms with van der Waals surface area (Å²) in [5.41, 5.74) is 2.77. The molecule has 0 amide bonds. The van der Waals surface area contributed by atoms with Crippen LogP contribution in [0, 0.1) is 6.92 Å². The summed E-state index contributed by atoms with van der Waals surface area (Å²) in [6.45, 7) is 7.75. The highest BCUT2D eigenvalue weighted by Crippen LogP contribution is 2.20. The molecule has 0 aliphatic carbocycles. The van der Waals surface area contributed by atoms with Crippen molar-refractivity contribution >= 4 is 18.1 Å². The van der Waals surface area contributed by atoms with Gasteiger partial charge in [0.15, 0.2) is 0 Å². The maximum absolute atomic E-state index is 3.46. The van der Waals surface area contributed by atoms with Gasteiger partial charge in [0.1, 0.15) is 0 Å². The lowest BCUT2D eigenvalue weighted by molar-refractivity contribution is 0.484. The molecule has 1 saturated heterocycles. The molecule has 3 heteroatoms. The van der Waals surface area contributed by atoms with Gasteiger partial charge in [0.2, 0.25) is 0 Å². The molecule has 0 spiro atoms. The number of aryl methyl sites for hydroxylation is 1. The molecule has 1 fully saturated rings. The summed E-state index contributed by atoms with van der Waals surface area (Å²) in [6.07, 6.45) is 0. The van der Waals surface area contributed by atoms with Gasteiger partial charge >= 0.3 is 0 Å². The Morgan fingerprint density at radius 3 is 2.73 bits per heavy atom. The molecule has 1 aliphatic heterocycles. The summed E-state index contributed by atoms with van der Waals surface area (Å²) in [4.78, 5) is 2.47. The molecule has 0 bridgehead atoms. The Balaban J connectivity index is 0.00000112. The highest BCUT2D eigenvalue weighted by Gasteiger charge is 2.16. The largest absolute Gasteiger partial charge is 0.368 e. The van der Waals surface area contributed by atoms with E-state index in [9.17, 15) is 0 Å². The van der Waals surface area contributed by atoms with Crippen LogP contribution in [-0.4, -0.2) is 25.7 Å². The number of halogens is 1. The first-order valence-electron chi connectivity index (χ1n) is 5.31. The fraction of sp³-hybridized carbons (Fsp3) is 0.500. The first-order chi connectivity index (χ1) is 6.77. The van der Waals surface area contributed by atoms with E-state index < -0.39 is 0 Å². The summed E-state index contributed by atoms with van der Waals surface area (Å²) >= 11 is 0. The lowest BCUT2D eigenvalue weighted by atomic mass is 10.1. The first-order valence-corrected chi connectivity index (χ1v) is 5.31. The topological polar surface area (TPSA) is 15.3 Å². The smallest absolute Gasteiger partial charge is 0.0396 e. The molecular weight excluding hydrogens is 208 g/mol. The van der Waals surface area contributed by atoms with Crippen molar-refractivity contribution in [2.75, 3.05) is 24.5 Å². The van der Waals surface area contributed by atoms with Gasteiger partial charge in [-0.2, -0.15) is 0 Å². The highest BCUT2D eigenvalue weighted by molar-refractivity contribution is 5.85. The number of benzene rings is 1. The molecule has 1 N–H and O–H groups in total. The second-order valence-electron chi connectivity index (χ2n) is 4.09. The summed E-state index contributed by atoms with van der Waals surface area (Å²) < 4.78 is 0. The van der Waals surface area contributed by atoms with E-state index in [0.717, 1.165) is 19.6 Å². The SMILES string of the molecule is Cc1ccccc1N1CCNC(C)C1.Cl. The van der Waals surface area contributed by atoms with Crippen molar-refractivity contribution in [3.05, 3.63) is 29.8 Å². The van der Waals surface area contributed by atoms with Crippen LogP contribution in [0.1, 0.15) is 12.5 Å². The van der Waals surface area contributed by atoms with Crippen LogP contribution in [0.4, 0.5) is 5.69 Å². The van der Waals surface area contributed by atoms with Gasteiger partial charge in [-0.05, 0) is 25.5 Å². The molecule has 1 aromatic rings. The van der Waals surface area contributed by atoms with Crippen LogP contribution in [0.5, 0.6) is 0 Å². The molecule has 1 heterocycles. The average molecular weight is 227 g/mol. The van der Waals surface area contributed by atoms with Crippen LogP contribution >= 0.6 is 12.4 Å². The number of hydrogen-bond acceptors (Lipinski definition) is 2. The molecule has 1 aromatic carbocycles. The Hall–Kier alpha value is -0.730. The van der Waals surface area contributed by atoms with Gasteiger partial charge in [-0.3, -0.25) is 0 Å². The molecule has 2 rings (SSSR count). The monoisotopic (exact) mass is 226 g/mol. The number of piperazine rings is 1. The Morgan fingerprint density at radius 2 is 2.07 bits per heavy atom. The van der Waals surface area contributed by atoms with Crippen molar-refractivity contribution in [1.82, 2.24) is 5.32 Å². The normalized spacial score (nSPS) is 20.9. The van der Waals surface area contributed by atoms with Gasteiger partial charge in [-0.15, -0.1) is 12.4 Å². The second kappa shape index (κ2) is 5.38. The van der Waals surface area contributed by atoms with Gasteiger partial charge in [-0.1, -0.05) is 18.2 Å².